The van der Waals surface area contributed by atoms with Gasteiger partial charge in [0.25, 0.3) is 5.69 Å². The molecule has 0 saturated heterocycles. The van der Waals surface area contributed by atoms with E-state index < -0.39 is 69.5 Å². The number of nitro benzene ring substituents is 1. The highest BCUT2D eigenvalue weighted by Gasteiger charge is 2.41. The lowest BCUT2D eigenvalue weighted by molar-refractivity contribution is -0.384. The van der Waals surface area contributed by atoms with Gasteiger partial charge in [-0.3, -0.25) is 14.9 Å². The molecule has 4 rings (SSSR count). The van der Waals surface area contributed by atoms with E-state index in [0.717, 1.165) is 24.3 Å². The smallest absolute Gasteiger partial charge is 0.370 e. The second-order valence-corrected chi connectivity index (χ2v) is 11.9. The topological polar surface area (TPSA) is 256 Å². The summed E-state index contributed by atoms with van der Waals surface area (Å²) in [6, 6.07) is 10.1. The number of benzene rings is 2. The Hall–Kier alpha value is -4.75. The van der Waals surface area contributed by atoms with Gasteiger partial charge in [0.15, 0.2) is 0 Å². The lowest BCUT2D eigenvalue weighted by atomic mass is 9.87. The van der Waals surface area contributed by atoms with E-state index in [9.17, 15) is 48.5 Å². The summed E-state index contributed by atoms with van der Waals surface area (Å²) in [4.78, 5) is 34.4. The van der Waals surface area contributed by atoms with E-state index >= 15 is 0 Å². The van der Waals surface area contributed by atoms with Gasteiger partial charge in [-0.1, -0.05) is 30.3 Å². The van der Waals surface area contributed by atoms with E-state index in [-0.39, 0.29) is 23.5 Å². The van der Waals surface area contributed by atoms with E-state index in [4.69, 9.17) is 4.74 Å². The Balaban J connectivity index is 1.46. The van der Waals surface area contributed by atoms with Crippen molar-refractivity contribution in [3.8, 4) is 11.3 Å². The number of carbonyl (C=O) groups excluding carboxylic acids is 1. The highest BCUT2D eigenvalue weighted by molar-refractivity contribution is 7.89. The number of allylic oxidation sites excluding steroid dienone is 1. The Morgan fingerprint density at radius 3 is 2.49 bits per heavy atom. The molecule has 2 heterocycles. The molecule has 240 valence electrons. The Labute approximate surface area is 256 Å². The van der Waals surface area contributed by atoms with Gasteiger partial charge < -0.3 is 30.5 Å². The fourth-order valence-corrected chi connectivity index (χ4v) is 5.68. The summed E-state index contributed by atoms with van der Waals surface area (Å²) in [6.07, 6.45) is -1.86. The van der Waals surface area contributed by atoms with Gasteiger partial charge >= 0.3 is 5.97 Å². The van der Waals surface area contributed by atoms with Crippen LogP contribution in [0.5, 0.6) is 0 Å². The number of hydrogen-bond acceptors (Lipinski definition) is 12. The Kier molecular flexibility index (Phi) is 10.2. The Bertz CT molecular complexity index is 1690. The SMILES string of the molecule is C[C@H]1[C@H]([C@H](O)[C@H](O)CO)OC(C(=O)O)=C[C@@H]1n1cc(-c2ccccc2NC(=O)CCNS(=O)(=O)c2ccc([N+](=O)[O-])cc2)nn1. The number of aliphatic carboxylic acids is 1. The maximum Gasteiger partial charge on any atom is 0.370 e. The van der Waals surface area contributed by atoms with Crippen molar-refractivity contribution in [1.29, 1.82) is 0 Å². The molecule has 1 aliphatic rings. The van der Waals surface area contributed by atoms with Crippen LogP contribution in [0.1, 0.15) is 19.4 Å². The van der Waals surface area contributed by atoms with Crippen LogP contribution in [0.2, 0.25) is 0 Å². The van der Waals surface area contributed by atoms with Gasteiger partial charge in [0.2, 0.25) is 21.7 Å². The number of nitrogens with one attached hydrogen (secondary N) is 2. The van der Waals surface area contributed by atoms with E-state index in [1.165, 1.54) is 17.0 Å². The van der Waals surface area contributed by atoms with Gasteiger partial charge in [0, 0.05) is 36.6 Å². The summed E-state index contributed by atoms with van der Waals surface area (Å²) < 4.78 is 34.0. The molecule has 1 aromatic heterocycles. The summed E-state index contributed by atoms with van der Waals surface area (Å²) in [5, 5.41) is 61.0. The summed E-state index contributed by atoms with van der Waals surface area (Å²) in [7, 11) is -4.03. The number of nitrogens with zero attached hydrogens (tertiary/aromatic N) is 4. The van der Waals surface area contributed by atoms with Gasteiger partial charge in [-0.05, 0) is 24.3 Å². The van der Waals surface area contributed by atoms with Crippen LogP contribution >= 0.6 is 0 Å². The summed E-state index contributed by atoms with van der Waals surface area (Å²) >= 11 is 0. The monoisotopic (exact) mass is 646 g/mol. The number of rotatable bonds is 13. The average Bonchev–Trinajstić information content (AvgIpc) is 3.50. The third kappa shape index (κ3) is 7.67. The van der Waals surface area contributed by atoms with Crippen LogP contribution in [0, 0.1) is 16.0 Å². The van der Waals surface area contributed by atoms with Crippen LogP contribution in [-0.4, -0.2) is 92.1 Å². The number of aliphatic hydroxyl groups is 3. The molecular formula is C27H30N6O11S. The lowest BCUT2D eigenvalue weighted by Gasteiger charge is -2.37. The van der Waals surface area contributed by atoms with Crippen LogP contribution < -0.4 is 10.0 Å². The first-order valence-electron chi connectivity index (χ1n) is 13.5. The highest BCUT2D eigenvalue weighted by atomic mass is 32.2. The van der Waals surface area contributed by atoms with E-state index in [1.807, 2.05) is 0 Å². The zero-order valence-electron chi connectivity index (χ0n) is 23.6. The second kappa shape index (κ2) is 13.9. The van der Waals surface area contributed by atoms with Crippen LogP contribution in [0.15, 0.2) is 71.5 Å². The van der Waals surface area contributed by atoms with E-state index in [2.05, 4.69) is 20.4 Å². The molecule has 6 N–H and O–H groups in total. The molecule has 0 fully saturated rings. The molecule has 0 bridgehead atoms. The van der Waals surface area contributed by atoms with Crippen LogP contribution in [0.4, 0.5) is 11.4 Å². The number of carboxylic acid groups (broad SMARTS) is 1. The predicted molar refractivity (Wildman–Crippen MR) is 155 cm³/mol. The first-order chi connectivity index (χ1) is 21.3. The van der Waals surface area contributed by atoms with Crippen molar-refractivity contribution in [1.82, 2.24) is 19.7 Å². The third-order valence-corrected chi connectivity index (χ3v) is 8.54. The van der Waals surface area contributed by atoms with Crippen LogP contribution in [0.3, 0.4) is 0 Å². The first kappa shape index (κ1) is 33.1. The zero-order valence-corrected chi connectivity index (χ0v) is 24.4. The van der Waals surface area contributed by atoms with Gasteiger partial charge in [-0.2, -0.15) is 0 Å². The maximum atomic E-state index is 12.7. The molecule has 18 heteroatoms. The largest absolute Gasteiger partial charge is 0.480 e. The molecule has 0 spiro atoms. The Morgan fingerprint density at radius 2 is 1.84 bits per heavy atom. The quantitative estimate of drug-likeness (QED) is 0.109. The van der Waals surface area contributed by atoms with Crippen molar-refractivity contribution in [2.45, 2.75) is 42.6 Å². The fourth-order valence-electron chi connectivity index (χ4n) is 4.64. The first-order valence-corrected chi connectivity index (χ1v) is 14.9. The van der Waals surface area contributed by atoms with Gasteiger partial charge in [0.05, 0.1) is 34.4 Å². The number of sulfonamides is 1. The number of para-hydroxylation sites is 1. The molecule has 1 aliphatic heterocycles. The molecule has 0 saturated carbocycles. The average molecular weight is 647 g/mol. The van der Waals surface area contributed by atoms with Gasteiger partial charge in [-0.15, -0.1) is 5.10 Å². The predicted octanol–water partition coefficient (Wildman–Crippen LogP) is 0.419. The number of carboxylic acids is 1. The number of ether oxygens (including phenoxy) is 1. The fraction of sp³-hybridized carbons (Fsp3) is 0.333. The Morgan fingerprint density at radius 1 is 1.16 bits per heavy atom. The minimum Gasteiger partial charge on any atom is -0.480 e. The number of aliphatic hydroxyl groups excluding tert-OH is 3. The minimum absolute atomic E-state index is 0.198. The van der Waals surface area contributed by atoms with E-state index in [0.29, 0.717) is 16.9 Å². The molecule has 0 radical (unpaired) electrons. The molecular weight excluding hydrogens is 616 g/mol. The second-order valence-electron chi connectivity index (χ2n) is 10.1. The van der Waals surface area contributed by atoms with Crippen molar-refractivity contribution >= 4 is 33.3 Å². The van der Waals surface area contributed by atoms with Crippen molar-refractivity contribution in [2.24, 2.45) is 5.92 Å². The number of hydrogen-bond donors (Lipinski definition) is 6. The molecule has 1 amide bonds. The van der Waals surface area contributed by atoms with Crippen LogP contribution in [-0.2, 0) is 24.3 Å². The summed E-state index contributed by atoms with van der Waals surface area (Å²) in [5.74, 6) is -3.07. The molecule has 3 aromatic rings. The lowest BCUT2D eigenvalue weighted by Crippen LogP contribution is -2.48. The summed E-state index contributed by atoms with van der Waals surface area (Å²) in [5.41, 5.74) is 0.796. The number of non-ortho nitro benzene ring substituents is 1. The van der Waals surface area contributed by atoms with Crippen molar-refractivity contribution in [3.63, 3.8) is 0 Å². The number of nitro groups is 1. The standard InChI is InChI=1S/C27H30N6O11S/c1-15-21(12-23(27(38)39)44-26(15)25(37)22(35)14-34)32-13-20(30-31-32)18-4-2-3-5-19(18)29-24(36)10-11-28-45(42,43)17-8-6-16(7-9-17)33(40)41/h2-9,12-13,15,21-22,25-26,28,34-35,37H,10-11,14H2,1H3,(H,29,36)(H,38,39)/t15-,21+,22-,25-,26-/m1/s1. The molecule has 45 heavy (non-hydrogen) atoms. The zero-order chi connectivity index (χ0) is 32.9. The van der Waals surface area contributed by atoms with Crippen molar-refractivity contribution in [2.75, 3.05) is 18.5 Å². The molecule has 0 unspecified atom stereocenters. The van der Waals surface area contributed by atoms with Gasteiger partial charge in [0.1, 0.15) is 24.0 Å². The summed E-state index contributed by atoms with van der Waals surface area (Å²) in [6.45, 7) is 0.608. The maximum absolute atomic E-state index is 12.7. The number of anilines is 1. The molecule has 5 atom stereocenters. The molecule has 17 nitrogen and oxygen atoms in total. The van der Waals surface area contributed by atoms with Crippen LogP contribution in [0.25, 0.3) is 11.3 Å². The number of carbonyl (C=O) groups is 2. The minimum atomic E-state index is -4.03. The number of amides is 1. The normalized spacial score (nSPS) is 19.6. The van der Waals surface area contributed by atoms with E-state index in [1.54, 1.807) is 31.2 Å². The highest BCUT2D eigenvalue weighted by Crippen LogP contribution is 2.35. The van der Waals surface area contributed by atoms with Crippen molar-refractivity contribution in [3.05, 3.63) is 76.7 Å². The van der Waals surface area contributed by atoms with Gasteiger partial charge in [-0.25, -0.2) is 22.6 Å². The third-order valence-electron chi connectivity index (χ3n) is 7.07. The molecule has 2 aromatic carbocycles. The number of aromatic nitrogens is 3. The van der Waals surface area contributed by atoms with Crippen molar-refractivity contribution < 1.29 is 48.1 Å². The molecule has 0 aliphatic carbocycles.